The van der Waals surface area contributed by atoms with Gasteiger partial charge in [0.1, 0.15) is 0 Å². The van der Waals surface area contributed by atoms with E-state index < -0.39 is 0 Å². The summed E-state index contributed by atoms with van der Waals surface area (Å²) in [5.74, 6) is 0. The zero-order chi connectivity index (χ0) is 53.6. The van der Waals surface area contributed by atoms with E-state index in [-0.39, 0.29) is 247 Å². The molecule has 81 heavy (non-hydrogen) atoms. The van der Waals surface area contributed by atoms with Gasteiger partial charge in [0.25, 0.3) is 0 Å². The van der Waals surface area contributed by atoms with Gasteiger partial charge in [-0.15, -0.1) is 17.1 Å². The SMILES string of the molecule is CC(=Nc1c(C)cccc1C)/C(C)=C(/C)[N-]c1c(C)cccc1C.CC(=Nc1c(C)cccc1C)/C(C)=C(/C)[N-]c1c(C)cccc1C.CC(=Nc1c(C)cccc1C)/C(C)=C(/C)[N-]c1c(C)cccc1C.[Cs+].[Cs+].[Fe+2].[Fe+2].[Fe+2].[Fe].[S-2].[S-2].[S-2]. The maximum atomic E-state index is 4.86. The van der Waals surface area contributed by atoms with Crippen molar-refractivity contribution in [2.24, 2.45) is 15.0 Å². The van der Waals surface area contributed by atoms with Gasteiger partial charge in [-0.2, -0.15) is 17.1 Å². The van der Waals surface area contributed by atoms with Crippen molar-refractivity contribution in [3.63, 3.8) is 0 Å². The Morgan fingerprint density at radius 1 is 0.272 bits per heavy atom. The summed E-state index contributed by atoms with van der Waals surface area (Å²) in [5.41, 5.74) is 30.2. The summed E-state index contributed by atoms with van der Waals surface area (Å²) in [5, 5.41) is 14.6. The van der Waals surface area contributed by atoms with E-state index >= 15 is 0 Å². The number of hydrogen-bond donors (Lipinski definition) is 0. The molecule has 0 N–H and O–H groups in total. The predicted octanol–water partition coefficient (Wildman–Crippen LogP) is 15.0. The molecular formula is C66H81Cs2Fe4N6S3-. The van der Waals surface area contributed by atoms with E-state index in [1.54, 1.807) is 0 Å². The average Bonchev–Trinajstić information content (AvgIpc) is 3.33. The molecule has 0 amide bonds. The molecule has 0 aliphatic heterocycles. The molecule has 0 saturated heterocycles. The molecule has 0 aromatic heterocycles. The molecule has 0 heterocycles. The van der Waals surface area contributed by atoms with E-state index in [4.69, 9.17) is 30.9 Å². The number of aryl methyl sites for hydroxylation is 12. The van der Waals surface area contributed by atoms with Crippen LogP contribution in [0, 0.1) is 83.1 Å². The van der Waals surface area contributed by atoms with Crippen LogP contribution in [0.5, 0.6) is 0 Å². The van der Waals surface area contributed by atoms with Gasteiger partial charge in [0, 0.05) is 34.2 Å². The van der Waals surface area contributed by atoms with Gasteiger partial charge in [0.05, 0.1) is 17.1 Å². The van der Waals surface area contributed by atoms with Crippen LogP contribution in [-0.4, -0.2) is 17.1 Å². The second kappa shape index (κ2) is 45.4. The molecule has 0 saturated carbocycles. The molecule has 0 aliphatic carbocycles. The summed E-state index contributed by atoms with van der Waals surface area (Å²) >= 11 is 0. The van der Waals surface area contributed by atoms with Gasteiger partial charge >= 0.3 is 189 Å². The maximum Gasteiger partial charge on any atom is 2.00 e. The molecule has 0 radical (unpaired) electrons. The molecule has 6 nitrogen and oxygen atoms in total. The number of rotatable bonds is 12. The Labute approximate surface area is 672 Å². The molecule has 6 rings (SSSR count). The Morgan fingerprint density at radius 3 is 0.556 bits per heavy atom. The second-order valence-corrected chi connectivity index (χ2v) is 19.5. The summed E-state index contributed by atoms with van der Waals surface area (Å²) in [7, 11) is 0. The van der Waals surface area contributed by atoms with E-state index in [0.29, 0.717) is 0 Å². The molecule has 15 heteroatoms. The van der Waals surface area contributed by atoms with Gasteiger partial charge in [-0.05, 0) is 175 Å². The van der Waals surface area contributed by atoms with E-state index in [1.807, 2.05) is 0 Å². The zero-order valence-corrected chi connectivity index (χ0v) is 71.6. The van der Waals surface area contributed by atoms with Crippen LogP contribution in [0.3, 0.4) is 0 Å². The quantitative estimate of drug-likeness (QED) is 0.0864. The van der Waals surface area contributed by atoms with Gasteiger partial charge in [-0.3, -0.25) is 15.0 Å². The zero-order valence-electron chi connectivity index (χ0n) is 52.2. The maximum absolute atomic E-state index is 4.86. The van der Waals surface area contributed by atoms with Gasteiger partial charge in [-0.1, -0.05) is 163 Å². The second-order valence-electron chi connectivity index (χ2n) is 19.5. The van der Waals surface area contributed by atoms with Crippen LogP contribution >= 0.6 is 0 Å². The van der Waals surface area contributed by atoms with Crippen molar-refractivity contribution in [1.82, 2.24) is 0 Å². The minimum absolute atomic E-state index is 0. The van der Waals surface area contributed by atoms with E-state index in [1.165, 1.54) is 66.8 Å². The first-order valence-electron chi connectivity index (χ1n) is 25.1. The standard InChI is InChI=1S/3C22H27N2.2Cs.4Fe.3S/c3*1-14-10-8-11-15(2)21(14)23-19(6)18(5)20(7)24-22-16(3)12-9-13-17(22)4;;;;;;;;;/h3*8-13H,1-7H3;;;;;;;;;/q3*-1;2*+1;;3*+2;3*-2/b3*19-18-,24-20?;;;;;;;;;. The molecule has 6 aromatic rings. The number of benzene rings is 6. The molecule has 0 atom stereocenters. The molecule has 6 aromatic carbocycles. The summed E-state index contributed by atoms with van der Waals surface area (Å²) in [4.78, 5) is 14.6. The van der Waals surface area contributed by atoms with E-state index in [2.05, 4.69) is 255 Å². The first-order valence-corrected chi connectivity index (χ1v) is 25.1. The molecule has 0 bridgehead atoms. The number of para-hydroxylation sites is 6. The van der Waals surface area contributed by atoms with Crippen molar-refractivity contribution in [3.8, 4) is 0 Å². The number of aliphatic imine (C=N–C) groups is 3. The van der Waals surface area contributed by atoms with Crippen molar-refractivity contribution in [3.05, 3.63) is 226 Å². The first-order chi connectivity index (χ1) is 33.9. The van der Waals surface area contributed by atoms with Crippen molar-refractivity contribution < 1.29 is 206 Å². The first kappa shape index (κ1) is 92.3. The Hall–Kier alpha value is 0.182. The number of allylic oxidation sites excluding steroid dienone is 6. The van der Waals surface area contributed by atoms with Crippen LogP contribution in [-0.2, 0) is 109 Å². The smallest absolute Gasteiger partial charge is 2.00 e. The molecule has 0 fully saturated rings. The third-order valence-corrected chi connectivity index (χ3v) is 13.6. The molecule has 428 valence electrons. The van der Waals surface area contributed by atoms with Gasteiger partial charge in [0.2, 0.25) is 0 Å². The average molecular weight is 1540 g/mol. The normalized spacial score (nSPS) is 11.4. The summed E-state index contributed by atoms with van der Waals surface area (Å²) in [6.45, 7) is 43.9. The van der Waals surface area contributed by atoms with E-state index in [0.717, 1.165) is 85.1 Å². The third kappa shape index (κ3) is 28.1. The third-order valence-electron chi connectivity index (χ3n) is 13.6. The minimum Gasteiger partial charge on any atom is -2.00 e. The van der Waals surface area contributed by atoms with Crippen LogP contribution in [0.15, 0.2) is 158 Å². The largest absolute Gasteiger partial charge is 2.00 e. The Balaban J connectivity index is -0.000000247. The van der Waals surface area contributed by atoms with Crippen LogP contribution in [0.25, 0.3) is 16.0 Å². The van der Waals surface area contributed by atoms with Crippen LogP contribution < -0.4 is 138 Å². The van der Waals surface area contributed by atoms with E-state index in [9.17, 15) is 0 Å². The molecule has 0 aliphatic rings. The van der Waals surface area contributed by atoms with Crippen molar-refractivity contribution in [1.29, 1.82) is 0 Å². The fourth-order valence-electron chi connectivity index (χ4n) is 8.19. The van der Waals surface area contributed by atoms with Crippen molar-refractivity contribution >= 4 is 91.7 Å². The van der Waals surface area contributed by atoms with Gasteiger partial charge < -0.3 is 56.4 Å². The molecule has 0 spiro atoms. The number of nitrogens with zero attached hydrogens (tertiary/aromatic N) is 6. The fourth-order valence-corrected chi connectivity index (χ4v) is 8.19. The Morgan fingerprint density at radius 2 is 0.407 bits per heavy atom. The van der Waals surface area contributed by atoms with Crippen molar-refractivity contribution in [2.75, 3.05) is 0 Å². The van der Waals surface area contributed by atoms with Crippen LogP contribution in [0.1, 0.15) is 129 Å². The Kier molecular flexibility index (Phi) is 51.8. The number of hydrogen-bond acceptors (Lipinski definition) is 3. The van der Waals surface area contributed by atoms with Gasteiger partial charge in [0.15, 0.2) is 0 Å². The van der Waals surface area contributed by atoms with Crippen LogP contribution in [0.4, 0.5) is 34.1 Å². The topological polar surface area (TPSA) is 79.4 Å². The summed E-state index contributed by atoms with van der Waals surface area (Å²) in [6, 6.07) is 37.7. The molecular weight excluding hydrogens is 1460 g/mol. The summed E-state index contributed by atoms with van der Waals surface area (Å²) < 4.78 is 0. The fraction of sp³-hybridized carbons (Fsp3) is 0.318. The molecule has 0 unspecified atom stereocenters. The van der Waals surface area contributed by atoms with Crippen molar-refractivity contribution in [2.45, 2.75) is 145 Å². The summed E-state index contributed by atoms with van der Waals surface area (Å²) in [6.07, 6.45) is 0. The minimum atomic E-state index is 0. The monoisotopic (exact) mass is 1540 g/mol. The van der Waals surface area contributed by atoms with Crippen LogP contribution in [0.2, 0.25) is 0 Å². The predicted molar refractivity (Wildman–Crippen MR) is 340 cm³/mol. The van der Waals surface area contributed by atoms with Gasteiger partial charge in [-0.25, -0.2) is 0 Å². The Bertz CT molecular complexity index is 2700.